The van der Waals surface area contributed by atoms with Crippen molar-refractivity contribution in [3.8, 4) is 0 Å². The first kappa shape index (κ1) is 20.2. The van der Waals surface area contributed by atoms with Crippen LogP contribution in [0.5, 0.6) is 0 Å². The second kappa shape index (κ2) is 7.98. The summed E-state index contributed by atoms with van der Waals surface area (Å²) < 4.78 is 5.43. The van der Waals surface area contributed by atoms with Crippen LogP contribution in [0.3, 0.4) is 0 Å². The molecule has 0 aliphatic carbocycles. The third-order valence-corrected chi connectivity index (χ3v) is 3.40. The largest absolute Gasteiger partial charge is 0.433 e. The van der Waals surface area contributed by atoms with E-state index in [2.05, 4.69) is 31.0 Å². The Bertz CT molecular complexity index is 454. The van der Waals surface area contributed by atoms with Gasteiger partial charge in [0.2, 0.25) is 0 Å². The van der Waals surface area contributed by atoms with Gasteiger partial charge in [-0.2, -0.15) is 0 Å². The van der Waals surface area contributed by atoms with Crippen molar-refractivity contribution >= 4 is 30.7 Å². The zero-order valence-electron chi connectivity index (χ0n) is 12.5. The zero-order valence-corrected chi connectivity index (χ0v) is 14.1. The first-order chi connectivity index (χ1) is 8.89. The number of nitrogens with zero attached hydrogens (tertiary/aromatic N) is 2. The highest BCUT2D eigenvalue weighted by Gasteiger charge is 2.35. The van der Waals surface area contributed by atoms with Crippen molar-refractivity contribution in [1.29, 1.82) is 0 Å². The summed E-state index contributed by atoms with van der Waals surface area (Å²) in [7, 11) is 0. The Morgan fingerprint density at radius 3 is 2.29 bits per heavy atom. The van der Waals surface area contributed by atoms with Gasteiger partial charge in [-0.15, -0.1) is 24.8 Å². The number of nitrogens with one attached hydrogen (secondary N) is 1. The number of halogens is 2. The van der Waals surface area contributed by atoms with Crippen LogP contribution in [0.4, 0.5) is 5.88 Å². The van der Waals surface area contributed by atoms with Gasteiger partial charge in [0.1, 0.15) is 10.7 Å². The molecule has 0 unspecified atom stereocenters. The van der Waals surface area contributed by atoms with Crippen molar-refractivity contribution in [1.82, 2.24) is 10.2 Å². The fourth-order valence-corrected chi connectivity index (χ4v) is 2.68. The minimum Gasteiger partial charge on any atom is -0.404 e. The predicted molar refractivity (Wildman–Crippen MR) is 86.5 cm³/mol. The Balaban J connectivity index is 0.00000200. The predicted octanol–water partition coefficient (Wildman–Crippen LogP) is 3.02. The van der Waals surface area contributed by atoms with Gasteiger partial charge in [-0.25, -0.2) is 0 Å². The van der Waals surface area contributed by atoms with Crippen molar-refractivity contribution in [3.63, 3.8) is 0 Å². The molecule has 1 saturated heterocycles. The van der Waals surface area contributed by atoms with Crippen molar-refractivity contribution in [3.05, 3.63) is 28.0 Å². The van der Waals surface area contributed by atoms with Crippen LogP contribution < -0.4 is 5.32 Å². The number of nitro groups is 1. The molecule has 0 spiro atoms. The molecule has 8 heteroatoms. The molecule has 1 aromatic heterocycles. The molecule has 1 atom stereocenters. The van der Waals surface area contributed by atoms with E-state index in [0.717, 1.165) is 26.2 Å². The van der Waals surface area contributed by atoms with Crippen LogP contribution in [0.25, 0.3) is 0 Å². The average Bonchev–Trinajstić information content (AvgIpc) is 2.78. The van der Waals surface area contributed by atoms with Crippen LogP contribution >= 0.6 is 24.8 Å². The summed E-state index contributed by atoms with van der Waals surface area (Å²) in [4.78, 5) is 12.6. The van der Waals surface area contributed by atoms with E-state index in [1.807, 2.05) is 0 Å². The third kappa shape index (κ3) is 4.85. The van der Waals surface area contributed by atoms with E-state index in [-0.39, 0.29) is 42.2 Å². The number of furan rings is 1. The first-order valence-corrected chi connectivity index (χ1v) is 6.58. The van der Waals surface area contributed by atoms with Gasteiger partial charge in [0.25, 0.3) is 0 Å². The van der Waals surface area contributed by atoms with Crippen LogP contribution in [-0.2, 0) is 0 Å². The summed E-state index contributed by atoms with van der Waals surface area (Å²) in [6, 6.07) is 3.23. The molecular weight excluding hydrogens is 317 g/mol. The fraction of sp³-hybridized carbons (Fsp3) is 0.692. The van der Waals surface area contributed by atoms with Crippen LogP contribution in [0, 0.1) is 15.5 Å². The minimum atomic E-state index is -0.485. The Morgan fingerprint density at radius 1 is 1.29 bits per heavy atom. The average molecular weight is 340 g/mol. The molecule has 1 fully saturated rings. The van der Waals surface area contributed by atoms with E-state index >= 15 is 0 Å². The Kier molecular flexibility index (Phi) is 7.67. The fourth-order valence-electron chi connectivity index (χ4n) is 2.68. The molecule has 1 aromatic rings. The van der Waals surface area contributed by atoms with Gasteiger partial charge in [0, 0.05) is 26.2 Å². The van der Waals surface area contributed by atoms with Gasteiger partial charge in [0.05, 0.1) is 12.1 Å². The summed E-state index contributed by atoms with van der Waals surface area (Å²) >= 11 is 0. The Labute approximate surface area is 137 Å². The SMILES string of the molecule is CC(C)(C)[C@H](c1ccc([N+](=O)[O-])o1)N1CCNCC1.Cl.Cl. The molecule has 1 N–H and O–H groups in total. The quantitative estimate of drug-likeness (QED) is 0.676. The van der Waals surface area contributed by atoms with Gasteiger partial charge in [-0.3, -0.25) is 15.0 Å². The van der Waals surface area contributed by atoms with Gasteiger partial charge in [-0.1, -0.05) is 20.8 Å². The molecular formula is C13H23Cl2N3O3. The Hall–Kier alpha value is -0.820. The topological polar surface area (TPSA) is 71.5 Å². The van der Waals surface area contributed by atoms with E-state index in [1.54, 1.807) is 6.07 Å². The van der Waals surface area contributed by atoms with Crippen LogP contribution in [0.2, 0.25) is 0 Å². The maximum absolute atomic E-state index is 10.8. The zero-order chi connectivity index (χ0) is 14.0. The smallest absolute Gasteiger partial charge is 0.404 e. The molecule has 0 amide bonds. The second-order valence-electron chi connectivity index (χ2n) is 5.99. The van der Waals surface area contributed by atoms with Crippen LogP contribution in [-0.4, -0.2) is 36.0 Å². The highest BCUT2D eigenvalue weighted by atomic mass is 35.5. The third-order valence-electron chi connectivity index (χ3n) is 3.40. The monoisotopic (exact) mass is 339 g/mol. The maximum atomic E-state index is 10.8. The summed E-state index contributed by atoms with van der Waals surface area (Å²) in [6.45, 7) is 10.1. The van der Waals surface area contributed by atoms with Crippen molar-refractivity contribution in [2.75, 3.05) is 26.2 Å². The van der Waals surface area contributed by atoms with Crippen LogP contribution in [0.1, 0.15) is 32.6 Å². The van der Waals surface area contributed by atoms with E-state index in [9.17, 15) is 10.1 Å². The molecule has 1 aliphatic rings. The molecule has 122 valence electrons. The second-order valence-corrected chi connectivity index (χ2v) is 5.99. The number of piperazine rings is 1. The van der Waals surface area contributed by atoms with E-state index in [4.69, 9.17) is 4.42 Å². The number of rotatable bonds is 3. The van der Waals surface area contributed by atoms with Crippen molar-refractivity contribution in [2.24, 2.45) is 5.41 Å². The lowest BCUT2D eigenvalue weighted by molar-refractivity contribution is -0.402. The molecule has 6 nitrogen and oxygen atoms in total. The molecule has 1 aliphatic heterocycles. The summed E-state index contributed by atoms with van der Waals surface area (Å²) in [5.41, 5.74) is -0.0386. The summed E-state index contributed by atoms with van der Waals surface area (Å²) in [5.74, 6) is 0.500. The van der Waals surface area contributed by atoms with Crippen molar-refractivity contribution in [2.45, 2.75) is 26.8 Å². The molecule has 21 heavy (non-hydrogen) atoms. The lowest BCUT2D eigenvalue weighted by Gasteiger charge is -2.40. The van der Waals surface area contributed by atoms with Gasteiger partial charge < -0.3 is 9.73 Å². The number of hydrogen-bond donors (Lipinski definition) is 1. The van der Waals surface area contributed by atoms with Crippen molar-refractivity contribution < 1.29 is 9.34 Å². The highest BCUT2D eigenvalue weighted by molar-refractivity contribution is 5.85. The lowest BCUT2D eigenvalue weighted by atomic mass is 9.84. The first-order valence-electron chi connectivity index (χ1n) is 6.58. The van der Waals surface area contributed by atoms with Gasteiger partial charge in [-0.05, 0) is 11.5 Å². The van der Waals surface area contributed by atoms with E-state index in [1.165, 1.54) is 6.07 Å². The normalized spacial score (nSPS) is 17.5. The molecule has 0 saturated carbocycles. The molecule has 0 bridgehead atoms. The van der Waals surface area contributed by atoms with Gasteiger partial charge in [0.15, 0.2) is 0 Å². The van der Waals surface area contributed by atoms with E-state index < -0.39 is 4.92 Å². The number of hydrogen-bond acceptors (Lipinski definition) is 5. The summed E-state index contributed by atoms with van der Waals surface area (Å²) in [6.07, 6.45) is 0. The van der Waals surface area contributed by atoms with Crippen LogP contribution in [0.15, 0.2) is 16.5 Å². The highest BCUT2D eigenvalue weighted by Crippen LogP contribution is 2.39. The molecule has 0 radical (unpaired) electrons. The van der Waals surface area contributed by atoms with E-state index in [0.29, 0.717) is 5.76 Å². The maximum Gasteiger partial charge on any atom is 0.433 e. The summed E-state index contributed by atoms with van der Waals surface area (Å²) in [5, 5.41) is 14.1. The molecule has 2 rings (SSSR count). The Morgan fingerprint density at radius 2 is 1.86 bits per heavy atom. The van der Waals surface area contributed by atoms with Gasteiger partial charge >= 0.3 is 5.88 Å². The molecule has 0 aromatic carbocycles. The lowest BCUT2D eigenvalue weighted by Crippen LogP contribution is -2.48. The minimum absolute atomic E-state index is 0. The standard InChI is InChI=1S/C13H21N3O3.2ClH/c1-13(2,3)12(15-8-6-14-7-9-15)10-4-5-11(19-10)16(17)18;;/h4-5,12,14H,6-9H2,1-3H3;2*1H/t12-;;/m0../s1. The molecule has 2 heterocycles.